The fourth-order valence-electron chi connectivity index (χ4n) is 3.44. The van der Waals surface area contributed by atoms with E-state index >= 15 is 0 Å². The van der Waals surface area contributed by atoms with E-state index in [2.05, 4.69) is 18.7 Å². The van der Waals surface area contributed by atoms with E-state index in [1.54, 1.807) is 0 Å². The van der Waals surface area contributed by atoms with E-state index in [0.717, 1.165) is 25.9 Å². The van der Waals surface area contributed by atoms with Gasteiger partial charge in [0.15, 0.2) is 0 Å². The molecule has 0 radical (unpaired) electrons. The fourth-order valence-corrected chi connectivity index (χ4v) is 3.44. The third-order valence-electron chi connectivity index (χ3n) is 4.30. The van der Waals surface area contributed by atoms with Crippen LogP contribution in [0.5, 0.6) is 0 Å². The van der Waals surface area contributed by atoms with Crippen molar-refractivity contribution < 1.29 is 9.53 Å². The number of ether oxygens (including phenoxy) is 1. The molecule has 0 aromatic carbocycles. The first-order valence-electron chi connectivity index (χ1n) is 7.05. The van der Waals surface area contributed by atoms with Gasteiger partial charge in [0, 0.05) is 19.6 Å². The fraction of sp³-hybridized carbons (Fsp3) is 0.929. The van der Waals surface area contributed by atoms with Crippen LogP contribution in [-0.4, -0.2) is 43.2 Å². The molecule has 1 aliphatic heterocycles. The van der Waals surface area contributed by atoms with Crippen LogP contribution >= 0.6 is 0 Å². The van der Waals surface area contributed by atoms with E-state index in [0.29, 0.717) is 24.3 Å². The quantitative estimate of drug-likeness (QED) is 0.767. The van der Waals surface area contributed by atoms with Gasteiger partial charge in [0.05, 0.1) is 7.11 Å². The van der Waals surface area contributed by atoms with E-state index in [1.807, 2.05) is 0 Å². The molecule has 1 aliphatic carbocycles. The van der Waals surface area contributed by atoms with Crippen LogP contribution in [0.1, 0.15) is 33.1 Å². The summed E-state index contributed by atoms with van der Waals surface area (Å²) in [6.45, 7) is 7.30. The molecule has 2 fully saturated rings. The third kappa shape index (κ3) is 2.86. The van der Waals surface area contributed by atoms with Crippen LogP contribution in [0.15, 0.2) is 0 Å². The van der Waals surface area contributed by atoms with Gasteiger partial charge in [-0.1, -0.05) is 13.8 Å². The minimum absolute atomic E-state index is 0.240. The molecule has 3 atom stereocenters. The summed E-state index contributed by atoms with van der Waals surface area (Å²) in [5, 5.41) is 0. The Bertz CT molecular complexity index is 307. The highest BCUT2D eigenvalue weighted by molar-refractivity contribution is 5.81. The van der Waals surface area contributed by atoms with Gasteiger partial charge in [0.1, 0.15) is 5.54 Å². The highest BCUT2D eigenvalue weighted by Gasteiger charge is 2.50. The Morgan fingerprint density at radius 1 is 1.33 bits per heavy atom. The monoisotopic (exact) mass is 254 g/mol. The summed E-state index contributed by atoms with van der Waals surface area (Å²) < 4.78 is 4.92. The third-order valence-corrected chi connectivity index (χ3v) is 4.30. The normalized spacial score (nSPS) is 32.9. The zero-order valence-corrected chi connectivity index (χ0v) is 11.8. The molecule has 0 bridgehead atoms. The summed E-state index contributed by atoms with van der Waals surface area (Å²) in [5.41, 5.74) is 5.58. The molecule has 0 amide bonds. The predicted molar refractivity (Wildman–Crippen MR) is 71.0 cm³/mol. The Labute approximate surface area is 110 Å². The molecule has 0 aromatic heterocycles. The summed E-state index contributed by atoms with van der Waals surface area (Å²) in [5.74, 6) is 1.46. The first kappa shape index (κ1) is 13.8. The molecule has 2 aliphatic rings. The molecule has 1 heterocycles. The molecule has 4 nitrogen and oxygen atoms in total. The number of hydrogen-bond acceptors (Lipinski definition) is 4. The van der Waals surface area contributed by atoms with Gasteiger partial charge in [-0.05, 0) is 37.0 Å². The summed E-state index contributed by atoms with van der Waals surface area (Å²) in [4.78, 5) is 14.3. The molecule has 1 saturated heterocycles. The lowest BCUT2D eigenvalue weighted by Crippen LogP contribution is -2.60. The molecular weight excluding hydrogens is 228 g/mol. The molecule has 104 valence electrons. The second-order valence-electron chi connectivity index (χ2n) is 6.45. The molecule has 0 aromatic rings. The van der Waals surface area contributed by atoms with Gasteiger partial charge in [0.2, 0.25) is 0 Å². The molecule has 4 heteroatoms. The SMILES string of the molecule is COC(=O)C(N)(CN1CC(C)CC(C)C1)C1CC1. The van der Waals surface area contributed by atoms with Gasteiger partial charge in [-0.25, -0.2) is 0 Å². The number of hydrogen-bond donors (Lipinski definition) is 1. The second-order valence-corrected chi connectivity index (χ2v) is 6.45. The number of likely N-dealkylation sites (tertiary alicyclic amines) is 1. The molecular formula is C14H26N2O2. The summed E-state index contributed by atoms with van der Waals surface area (Å²) in [6.07, 6.45) is 3.39. The van der Waals surface area contributed by atoms with Crippen molar-refractivity contribution in [2.24, 2.45) is 23.5 Å². The summed E-state index contributed by atoms with van der Waals surface area (Å²) in [7, 11) is 1.44. The number of rotatable bonds is 4. The standard InChI is InChI=1S/C14H26N2O2/c1-10-6-11(2)8-16(7-10)9-14(15,12-4-5-12)13(17)18-3/h10-12H,4-9,15H2,1-3H3. The van der Waals surface area contributed by atoms with Crippen LogP contribution < -0.4 is 5.73 Å². The maximum Gasteiger partial charge on any atom is 0.327 e. The Morgan fingerprint density at radius 2 is 1.89 bits per heavy atom. The van der Waals surface area contributed by atoms with Crippen LogP contribution in [0.25, 0.3) is 0 Å². The van der Waals surface area contributed by atoms with Gasteiger partial charge in [-0.15, -0.1) is 0 Å². The number of methoxy groups -OCH3 is 1. The number of piperidine rings is 1. The van der Waals surface area contributed by atoms with Crippen molar-refractivity contribution >= 4 is 5.97 Å². The van der Waals surface area contributed by atoms with Crippen molar-refractivity contribution in [3.8, 4) is 0 Å². The average molecular weight is 254 g/mol. The number of nitrogens with two attached hydrogens (primary N) is 1. The zero-order valence-electron chi connectivity index (χ0n) is 11.8. The Morgan fingerprint density at radius 3 is 2.33 bits per heavy atom. The highest BCUT2D eigenvalue weighted by atomic mass is 16.5. The van der Waals surface area contributed by atoms with E-state index in [-0.39, 0.29) is 5.97 Å². The Kier molecular flexibility index (Phi) is 3.97. The molecule has 3 unspecified atom stereocenters. The number of esters is 1. The average Bonchev–Trinajstić information content (AvgIpc) is 3.10. The first-order chi connectivity index (χ1) is 8.45. The lowest BCUT2D eigenvalue weighted by atomic mass is 9.88. The van der Waals surface area contributed by atoms with Crippen LogP contribution in [0, 0.1) is 17.8 Å². The number of nitrogens with zero attached hydrogens (tertiary/aromatic N) is 1. The Balaban J connectivity index is 2.02. The smallest absolute Gasteiger partial charge is 0.327 e. The van der Waals surface area contributed by atoms with E-state index in [4.69, 9.17) is 10.5 Å². The number of carbonyl (C=O) groups is 1. The van der Waals surface area contributed by atoms with Gasteiger partial charge in [0.25, 0.3) is 0 Å². The van der Waals surface area contributed by atoms with Crippen LogP contribution in [0.3, 0.4) is 0 Å². The van der Waals surface area contributed by atoms with Crippen molar-refractivity contribution in [1.82, 2.24) is 4.90 Å². The molecule has 1 saturated carbocycles. The lowest BCUT2D eigenvalue weighted by molar-refractivity contribution is -0.149. The van der Waals surface area contributed by atoms with E-state index in [9.17, 15) is 4.79 Å². The van der Waals surface area contributed by atoms with Crippen LogP contribution in [0.2, 0.25) is 0 Å². The topological polar surface area (TPSA) is 55.6 Å². The van der Waals surface area contributed by atoms with Crippen LogP contribution in [-0.2, 0) is 9.53 Å². The minimum Gasteiger partial charge on any atom is -0.468 e. The molecule has 0 spiro atoms. The van der Waals surface area contributed by atoms with Gasteiger partial charge in [-0.2, -0.15) is 0 Å². The largest absolute Gasteiger partial charge is 0.468 e. The zero-order chi connectivity index (χ0) is 13.3. The van der Waals surface area contributed by atoms with E-state index in [1.165, 1.54) is 13.5 Å². The minimum atomic E-state index is -0.786. The summed E-state index contributed by atoms with van der Waals surface area (Å²) in [6, 6.07) is 0. The molecule has 2 N–H and O–H groups in total. The van der Waals surface area contributed by atoms with Crippen molar-refractivity contribution in [2.75, 3.05) is 26.7 Å². The summed E-state index contributed by atoms with van der Waals surface area (Å²) >= 11 is 0. The van der Waals surface area contributed by atoms with Crippen molar-refractivity contribution in [1.29, 1.82) is 0 Å². The number of carbonyl (C=O) groups excluding carboxylic acids is 1. The van der Waals surface area contributed by atoms with Gasteiger partial charge >= 0.3 is 5.97 Å². The molecule has 18 heavy (non-hydrogen) atoms. The van der Waals surface area contributed by atoms with Crippen LogP contribution in [0.4, 0.5) is 0 Å². The Hall–Kier alpha value is -0.610. The van der Waals surface area contributed by atoms with Gasteiger partial charge in [-0.3, -0.25) is 4.79 Å². The van der Waals surface area contributed by atoms with Crippen molar-refractivity contribution in [2.45, 2.75) is 38.6 Å². The van der Waals surface area contributed by atoms with Gasteiger partial charge < -0.3 is 15.4 Å². The maximum atomic E-state index is 12.0. The van der Waals surface area contributed by atoms with Crippen molar-refractivity contribution in [3.63, 3.8) is 0 Å². The molecule has 2 rings (SSSR count). The van der Waals surface area contributed by atoms with E-state index < -0.39 is 5.54 Å². The lowest BCUT2D eigenvalue weighted by Gasteiger charge is -2.39. The predicted octanol–water partition coefficient (Wildman–Crippen LogP) is 1.24. The van der Waals surface area contributed by atoms with Crippen molar-refractivity contribution in [3.05, 3.63) is 0 Å². The first-order valence-corrected chi connectivity index (χ1v) is 7.05. The highest BCUT2D eigenvalue weighted by Crippen LogP contribution is 2.40. The maximum absolute atomic E-state index is 12.0. The second kappa shape index (κ2) is 5.17.